The standard InChI is InChI=1S/C11H10BrN3OS/c1-7-6-17-11(14-7)15-13-5-8-2-3-10(16)9(12)4-8/h2-6,16H,1H3,(H,14,15). The van der Waals surface area contributed by atoms with Crippen LogP contribution < -0.4 is 5.43 Å². The van der Waals surface area contributed by atoms with Gasteiger partial charge in [0.15, 0.2) is 0 Å². The van der Waals surface area contributed by atoms with Gasteiger partial charge in [0.25, 0.3) is 0 Å². The van der Waals surface area contributed by atoms with Gasteiger partial charge >= 0.3 is 0 Å². The van der Waals surface area contributed by atoms with E-state index in [-0.39, 0.29) is 5.75 Å². The lowest BCUT2D eigenvalue weighted by molar-refractivity contribution is 0.472. The van der Waals surface area contributed by atoms with Crippen LogP contribution in [0.15, 0.2) is 33.2 Å². The molecule has 0 aliphatic heterocycles. The number of halogens is 1. The van der Waals surface area contributed by atoms with Crippen molar-refractivity contribution in [2.24, 2.45) is 5.10 Å². The molecule has 0 aliphatic rings. The van der Waals surface area contributed by atoms with Crippen molar-refractivity contribution < 1.29 is 5.11 Å². The molecule has 0 radical (unpaired) electrons. The van der Waals surface area contributed by atoms with Crippen molar-refractivity contribution in [3.8, 4) is 5.75 Å². The second kappa shape index (κ2) is 5.29. The van der Waals surface area contributed by atoms with Crippen LogP contribution in [0.3, 0.4) is 0 Å². The zero-order valence-corrected chi connectivity index (χ0v) is 11.4. The zero-order valence-electron chi connectivity index (χ0n) is 9.01. The molecule has 2 rings (SSSR count). The molecule has 0 spiro atoms. The molecule has 0 fully saturated rings. The van der Waals surface area contributed by atoms with Crippen LogP contribution in [0.1, 0.15) is 11.3 Å². The minimum Gasteiger partial charge on any atom is -0.507 e. The number of nitrogens with zero attached hydrogens (tertiary/aromatic N) is 2. The van der Waals surface area contributed by atoms with Crippen molar-refractivity contribution in [2.75, 3.05) is 5.43 Å². The van der Waals surface area contributed by atoms with Crippen molar-refractivity contribution in [3.63, 3.8) is 0 Å². The van der Waals surface area contributed by atoms with Crippen molar-refractivity contribution in [1.29, 1.82) is 0 Å². The number of aromatic hydroxyl groups is 1. The van der Waals surface area contributed by atoms with E-state index in [0.29, 0.717) is 4.47 Å². The minimum absolute atomic E-state index is 0.214. The van der Waals surface area contributed by atoms with E-state index in [1.165, 1.54) is 11.3 Å². The van der Waals surface area contributed by atoms with Crippen LogP contribution in [-0.2, 0) is 0 Å². The van der Waals surface area contributed by atoms with Crippen LogP contribution in [0.4, 0.5) is 5.13 Å². The Morgan fingerprint density at radius 2 is 2.35 bits per heavy atom. The SMILES string of the molecule is Cc1csc(NN=Cc2ccc(O)c(Br)c2)n1. The van der Waals surface area contributed by atoms with E-state index in [1.54, 1.807) is 24.4 Å². The normalized spacial score (nSPS) is 10.9. The maximum Gasteiger partial charge on any atom is 0.203 e. The lowest BCUT2D eigenvalue weighted by Gasteiger charge is -1.98. The van der Waals surface area contributed by atoms with Crippen LogP contribution in [0.2, 0.25) is 0 Å². The summed E-state index contributed by atoms with van der Waals surface area (Å²) >= 11 is 4.75. The third-order valence-corrected chi connectivity index (χ3v) is 3.46. The average molecular weight is 312 g/mol. The second-order valence-corrected chi connectivity index (χ2v) is 5.09. The van der Waals surface area contributed by atoms with E-state index in [0.717, 1.165) is 16.4 Å². The third kappa shape index (κ3) is 3.28. The Labute approximate surface area is 111 Å². The molecule has 0 saturated heterocycles. The molecule has 6 heteroatoms. The van der Waals surface area contributed by atoms with Crippen LogP contribution in [0.5, 0.6) is 5.75 Å². The lowest BCUT2D eigenvalue weighted by atomic mass is 10.2. The van der Waals surface area contributed by atoms with Gasteiger partial charge in [-0.25, -0.2) is 4.98 Å². The molecule has 0 aliphatic carbocycles. The molecule has 1 aromatic carbocycles. The molecule has 0 saturated carbocycles. The molecule has 0 amide bonds. The molecular weight excluding hydrogens is 302 g/mol. The molecule has 1 heterocycles. The van der Waals surface area contributed by atoms with Gasteiger partial charge in [0.05, 0.1) is 16.4 Å². The van der Waals surface area contributed by atoms with Gasteiger partial charge in [-0.1, -0.05) is 0 Å². The fourth-order valence-corrected chi connectivity index (χ4v) is 2.20. The summed E-state index contributed by atoms with van der Waals surface area (Å²) in [6, 6.07) is 5.17. The first-order valence-corrected chi connectivity index (χ1v) is 6.52. The number of thiazole rings is 1. The number of nitrogens with one attached hydrogen (secondary N) is 1. The summed E-state index contributed by atoms with van der Waals surface area (Å²) in [6.45, 7) is 1.93. The monoisotopic (exact) mass is 311 g/mol. The van der Waals surface area contributed by atoms with E-state index < -0.39 is 0 Å². The van der Waals surface area contributed by atoms with Gasteiger partial charge in [0.1, 0.15) is 5.75 Å². The number of aromatic nitrogens is 1. The summed E-state index contributed by atoms with van der Waals surface area (Å²) in [5.74, 6) is 0.214. The molecule has 0 bridgehead atoms. The quantitative estimate of drug-likeness (QED) is 0.675. The van der Waals surface area contributed by atoms with Gasteiger partial charge in [0.2, 0.25) is 5.13 Å². The molecule has 17 heavy (non-hydrogen) atoms. The highest BCUT2D eigenvalue weighted by atomic mass is 79.9. The van der Waals surface area contributed by atoms with Crippen LogP contribution >= 0.6 is 27.3 Å². The van der Waals surface area contributed by atoms with Gasteiger partial charge < -0.3 is 5.11 Å². The number of phenols is 1. The summed E-state index contributed by atoms with van der Waals surface area (Å²) in [5.41, 5.74) is 4.70. The van der Waals surface area contributed by atoms with Gasteiger partial charge in [-0.15, -0.1) is 11.3 Å². The fourth-order valence-electron chi connectivity index (χ4n) is 1.17. The highest BCUT2D eigenvalue weighted by molar-refractivity contribution is 9.10. The van der Waals surface area contributed by atoms with Crippen molar-refractivity contribution >= 4 is 38.6 Å². The number of rotatable bonds is 3. The number of hydrogen-bond acceptors (Lipinski definition) is 5. The number of benzene rings is 1. The van der Waals surface area contributed by atoms with E-state index >= 15 is 0 Å². The Hall–Kier alpha value is -1.40. The van der Waals surface area contributed by atoms with Gasteiger partial charge in [-0.2, -0.15) is 5.10 Å². The zero-order chi connectivity index (χ0) is 12.3. The fraction of sp³-hybridized carbons (Fsp3) is 0.0909. The first-order valence-electron chi connectivity index (χ1n) is 4.85. The smallest absolute Gasteiger partial charge is 0.203 e. The maximum absolute atomic E-state index is 9.33. The van der Waals surface area contributed by atoms with Crippen LogP contribution in [-0.4, -0.2) is 16.3 Å². The van der Waals surface area contributed by atoms with Crippen molar-refractivity contribution in [3.05, 3.63) is 39.3 Å². The Balaban J connectivity index is 2.03. The van der Waals surface area contributed by atoms with E-state index in [9.17, 15) is 5.11 Å². The topological polar surface area (TPSA) is 57.5 Å². The van der Waals surface area contributed by atoms with Gasteiger partial charge in [0, 0.05) is 5.38 Å². The molecular formula is C11H10BrN3OS. The Kier molecular flexibility index (Phi) is 3.75. The lowest BCUT2D eigenvalue weighted by Crippen LogP contribution is -1.90. The number of aryl methyl sites for hydroxylation is 1. The van der Waals surface area contributed by atoms with Crippen LogP contribution in [0.25, 0.3) is 0 Å². The largest absolute Gasteiger partial charge is 0.507 e. The van der Waals surface area contributed by atoms with Crippen LogP contribution in [0, 0.1) is 6.92 Å². The highest BCUT2D eigenvalue weighted by Gasteiger charge is 1.98. The minimum atomic E-state index is 0.214. The maximum atomic E-state index is 9.33. The summed E-state index contributed by atoms with van der Waals surface area (Å²) in [4.78, 5) is 4.22. The number of phenolic OH excluding ortho intramolecular Hbond substituents is 1. The highest BCUT2D eigenvalue weighted by Crippen LogP contribution is 2.23. The predicted molar refractivity (Wildman–Crippen MR) is 73.9 cm³/mol. The first kappa shape index (κ1) is 12.1. The number of hydrogen-bond donors (Lipinski definition) is 2. The molecule has 0 atom stereocenters. The van der Waals surface area contributed by atoms with E-state index in [4.69, 9.17) is 0 Å². The summed E-state index contributed by atoms with van der Waals surface area (Å²) < 4.78 is 0.645. The Morgan fingerprint density at radius 3 is 3.00 bits per heavy atom. The van der Waals surface area contributed by atoms with Gasteiger partial charge in [-0.3, -0.25) is 5.43 Å². The molecule has 4 nitrogen and oxygen atoms in total. The number of hydrazone groups is 1. The van der Waals surface area contributed by atoms with E-state index in [1.807, 2.05) is 12.3 Å². The first-order chi connectivity index (χ1) is 8.15. The molecule has 88 valence electrons. The molecule has 2 aromatic rings. The van der Waals surface area contributed by atoms with Gasteiger partial charge in [-0.05, 0) is 46.6 Å². The Bertz CT molecular complexity index is 553. The average Bonchev–Trinajstić information content (AvgIpc) is 2.70. The summed E-state index contributed by atoms with van der Waals surface area (Å²) in [7, 11) is 0. The van der Waals surface area contributed by atoms with E-state index in [2.05, 4.69) is 31.4 Å². The number of anilines is 1. The third-order valence-electron chi connectivity index (χ3n) is 1.96. The molecule has 2 N–H and O–H groups in total. The van der Waals surface area contributed by atoms with Crippen molar-refractivity contribution in [1.82, 2.24) is 4.98 Å². The Morgan fingerprint density at radius 1 is 1.53 bits per heavy atom. The summed E-state index contributed by atoms with van der Waals surface area (Å²) in [5, 5.41) is 16.1. The summed E-state index contributed by atoms with van der Waals surface area (Å²) in [6.07, 6.45) is 1.67. The molecule has 0 unspecified atom stereocenters. The molecule has 1 aromatic heterocycles. The predicted octanol–water partition coefficient (Wildman–Crippen LogP) is 3.37. The van der Waals surface area contributed by atoms with Crippen molar-refractivity contribution in [2.45, 2.75) is 6.92 Å². The second-order valence-electron chi connectivity index (χ2n) is 3.37.